The summed E-state index contributed by atoms with van der Waals surface area (Å²) in [5.41, 5.74) is 0. The molecule has 2 aliphatic rings. The molecule has 0 spiro atoms. The van der Waals surface area contributed by atoms with Crippen LogP contribution in [0.5, 0.6) is 0 Å². The second-order valence-electron chi connectivity index (χ2n) is 13.5. The predicted octanol–water partition coefficient (Wildman–Crippen LogP) is 0.992. The zero-order chi connectivity index (χ0) is 35.6. The summed E-state index contributed by atoms with van der Waals surface area (Å²) < 4.78 is 40.5. The molecule has 0 saturated carbocycles. The van der Waals surface area contributed by atoms with Crippen molar-refractivity contribution in [2.75, 3.05) is 19.8 Å². The Morgan fingerprint density at radius 2 is 1.23 bits per heavy atom. The molecule has 10 atom stereocenters. The summed E-state index contributed by atoms with van der Waals surface area (Å²) >= 11 is 0. The van der Waals surface area contributed by atoms with Crippen molar-refractivity contribution < 1.29 is 72.8 Å². The van der Waals surface area contributed by atoms with E-state index in [0.717, 1.165) is 0 Å². The molecule has 2 rings (SSSR count). The first-order valence-electron chi connectivity index (χ1n) is 16.3. The van der Waals surface area contributed by atoms with E-state index < -0.39 is 104 Å². The minimum absolute atomic E-state index is 0.00280. The van der Waals surface area contributed by atoms with E-state index in [9.17, 15) is 39.6 Å². The second-order valence-corrected chi connectivity index (χ2v) is 13.5. The van der Waals surface area contributed by atoms with Crippen LogP contribution in [0.15, 0.2) is 0 Å². The summed E-state index contributed by atoms with van der Waals surface area (Å²) in [4.78, 5) is 51.7. The van der Waals surface area contributed by atoms with Gasteiger partial charge in [-0.25, -0.2) is 0 Å². The SMILES string of the molecule is CCC(C)C(=O)O[C@@H]1[C@@H](OC(=O)CC(C)C)[C@@H](O[C@]2(COC(=O)CC(C)C)O[C@H](CO)[C@@H](O)[C@@H]2O)O[C@H](CO)[C@H]1OC(=O)CC(C)C. The summed E-state index contributed by atoms with van der Waals surface area (Å²) in [5.74, 6) is -6.25. The van der Waals surface area contributed by atoms with E-state index in [4.69, 9.17) is 33.2 Å². The third-order valence-electron chi connectivity index (χ3n) is 7.73. The number of ether oxygens (including phenoxy) is 7. The van der Waals surface area contributed by atoms with E-state index in [-0.39, 0.29) is 37.0 Å². The van der Waals surface area contributed by atoms with Crippen LogP contribution in [-0.2, 0) is 52.3 Å². The van der Waals surface area contributed by atoms with Crippen LogP contribution in [0.25, 0.3) is 0 Å². The van der Waals surface area contributed by atoms with Crippen LogP contribution in [0.4, 0.5) is 0 Å². The van der Waals surface area contributed by atoms with Crippen LogP contribution in [-0.4, -0.2) is 119 Å². The summed E-state index contributed by atoms with van der Waals surface area (Å²) in [6, 6.07) is 0. The lowest BCUT2D eigenvalue weighted by molar-refractivity contribution is -0.384. The number of hydrogen-bond donors (Lipinski definition) is 4. The first kappa shape index (κ1) is 40.8. The number of aliphatic hydroxyl groups excluding tert-OH is 4. The Labute approximate surface area is 276 Å². The topological polar surface area (TPSA) is 214 Å². The van der Waals surface area contributed by atoms with Gasteiger partial charge in [-0.05, 0) is 24.2 Å². The molecule has 0 amide bonds. The third-order valence-corrected chi connectivity index (χ3v) is 7.73. The van der Waals surface area contributed by atoms with Gasteiger partial charge in [0.25, 0.3) is 0 Å². The molecule has 2 fully saturated rings. The van der Waals surface area contributed by atoms with Crippen LogP contribution in [0.3, 0.4) is 0 Å². The Morgan fingerprint density at radius 1 is 0.723 bits per heavy atom. The average molecular weight is 679 g/mol. The maximum atomic E-state index is 13.2. The minimum Gasteiger partial charge on any atom is -0.460 e. The van der Waals surface area contributed by atoms with Crippen LogP contribution in [0.2, 0.25) is 0 Å². The molecule has 0 aromatic carbocycles. The van der Waals surface area contributed by atoms with Crippen LogP contribution < -0.4 is 0 Å². The van der Waals surface area contributed by atoms with E-state index in [1.807, 2.05) is 0 Å². The van der Waals surface area contributed by atoms with Gasteiger partial charge in [-0.15, -0.1) is 0 Å². The van der Waals surface area contributed by atoms with Crippen molar-refractivity contribution in [2.24, 2.45) is 23.7 Å². The molecule has 2 aliphatic heterocycles. The van der Waals surface area contributed by atoms with Crippen molar-refractivity contribution in [1.29, 1.82) is 0 Å². The number of aliphatic hydroxyl groups is 4. The van der Waals surface area contributed by atoms with Gasteiger partial charge in [0.15, 0.2) is 18.3 Å². The van der Waals surface area contributed by atoms with Crippen molar-refractivity contribution in [3.8, 4) is 0 Å². The van der Waals surface area contributed by atoms with Gasteiger partial charge < -0.3 is 53.6 Å². The fraction of sp³-hybridized carbons (Fsp3) is 0.875. The lowest BCUT2D eigenvalue weighted by Gasteiger charge is -2.46. The molecule has 0 bridgehead atoms. The molecule has 0 aromatic heterocycles. The predicted molar refractivity (Wildman–Crippen MR) is 162 cm³/mol. The van der Waals surface area contributed by atoms with Gasteiger partial charge in [0, 0.05) is 19.3 Å². The lowest BCUT2D eigenvalue weighted by Crippen LogP contribution is -2.65. The minimum atomic E-state index is -2.39. The molecule has 15 nitrogen and oxygen atoms in total. The molecule has 0 radical (unpaired) electrons. The van der Waals surface area contributed by atoms with Gasteiger partial charge in [-0.3, -0.25) is 19.2 Å². The van der Waals surface area contributed by atoms with Crippen LogP contribution in [0.1, 0.15) is 81.1 Å². The van der Waals surface area contributed by atoms with Gasteiger partial charge in [0.2, 0.25) is 12.1 Å². The first-order chi connectivity index (χ1) is 22.0. The Balaban J connectivity index is 2.65. The van der Waals surface area contributed by atoms with Gasteiger partial charge in [0.1, 0.15) is 31.0 Å². The van der Waals surface area contributed by atoms with E-state index in [0.29, 0.717) is 6.42 Å². The van der Waals surface area contributed by atoms with Gasteiger partial charge >= 0.3 is 23.9 Å². The molecular weight excluding hydrogens is 624 g/mol. The zero-order valence-corrected chi connectivity index (χ0v) is 28.7. The molecule has 47 heavy (non-hydrogen) atoms. The zero-order valence-electron chi connectivity index (χ0n) is 28.7. The van der Waals surface area contributed by atoms with Crippen LogP contribution in [0, 0.1) is 23.7 Å². The largest absolute Gasteiger partial charge is 0.460 e. The maximum absolute atomic E-state index is 13.2. The standard InChI is InChI=1S/C32H54O15/c1-9-19(8)30(40)45-27-26(43-23(36)11-17(4)5)21(14-34)42-31(28(27)44-24(37)12-18(6)7)47-32(15-41-22(35)10-16(2)3)29(39)25(38)20(13-33)46-32/h16-21,25-29,31,33-34,38-39H,9-15H2,1-8H3/t19?,20-,21-,25-,26-,27+,28-,29+,31-,32+/m1/s1. The number of carbonyl (C=O) groups excluding carboxylic acids is 4. The second kappa shape index (κ2) is 18.4. The summed E-state index contributed by atoms with van der Waals surface area (Å²) in [7, 11) is 0. The lowest BCUT2D eigenvalue weighted by atomic mass is 9.97. The molecule has 0 aliphatic carbocycles. The highest BCUT2D eigenvalue weighted by molar-refractivity contribution is 5.73. The van der Waals surface area contributed by atoms with E-state index in [1.54, 1.807) is 55.4 Å². The molecule has 4 N–H and O–H groups in total. The van der Waals surface area contributed by atoms with Crippen molar-refractivity contribution in [2.45, 2.75) is 136 Å². The fourth-order valence-electron chi connectivity index (χ4n) is 5.03. The number of esters is 4. The van der Waals surface area contributed by atoms with Crippen molar-refractivity contribution >= 4 is 23.9 Å². The Kier molecular flexibility index (Phi) is 16.0. The molecule has 0 aromatic rings. The summed E-state index contributed by atoms with van der Waals surface area (Å²) in [5, 5.41) is 42.0. The smallest absolute Gasteiger partial charge is 0.309 e. The first-order valence-corrected chi connectivity index (χ1v) is 16.3. The maximum Gasteiger partial charge on any atom is 0.309 e. The molecular formula is C32H54O15. The number of hydrogen-bond acceptors (Lipinski definition) is 15. The molecule has 272 valence electrons. The number of carbonyl (C=O) groups is 4. The van der Waals surface area contributed by atoms with Gasteiger partial charge in [-0.1, -0.05) is 55.4 Å². The van der Waals surface area contributed by atoms with E-state index in [1.165, 1.54) is 0 Å². The molecule has 1 unspecified atom stereocenters. The molecule has 2 heterocycles. The summed E-state index contributed by atoms with van der Waals surface area (Å²) in [6.07, 6.45) is -12.7. The van der Waals surface area contributed by atoms with Crippen molar-refractivity contribution in [1.82, 2.24) is 0 Å². The Morgan fingerprint density at radius 3 is 1.70 bits per heavy atom. The summed E-state index contributed by atoms with van der Waals surface area (Å²) in [6.45, 7) is 11.7. The van der Waals surface area contributed by atoms with E-state index in [2.05, 4.69) is 0 Å². The number of rotatable bonds is 17. The Hall–Kier alpha value is -2.40. The van der Waals surface area contributed by atoms with Crippen molar-refractivity contribution in [3.05, 3.63) is 0 Å². The van der Waals surface area contributed by atoms with Gasteiger partial charge in [-0.2, -0.15) is 0 Å². The Bertz CT molecular complexity index is 1030. The van der Waals surface area contributed by atoms with E-state index >= 15 is 0 Å². The molecule has 15 heteroatoms. The fourth-order valence-corrected chi connectivity index (χ4v) is 5.03. The van der Waals surface area contributed by atoms with Gasteiger partial charge in [0.05, 0.1) is 19.1 Å². The third kappa shape index (κ3) is 11.3. The van der Waals surface area contributed by atoms with Crippen molar-refractivity contribution in [3.63, 3.8) is 0 Å². The highest BCUT2D eigenvalue weighted by Crippen LogP contribution is 2.39. The molecule has 2 saturated heterocycles. The highest BCUT2D eigenvalue weighted by atomic mass is 16.8. The average Bonchev–Trinajstić information content (AvgIpc) is 3.21. The quantitative estimate of drug-likeness (QED) is 0.125. The monoisotopic (exact) mass is 678 g/mol. The highest BCUT2D eigenvalue weighted by Gasteiger charge is 2.61. The van der Waals surface area contributed by atoms with Crippen LogP contribution >= 0.6 is 0 Å². The normalized spacial score (nSPS) is 31.6.